The summed E-state index contributed by atoms with van der Waals surface area (Å²) in [6.07, 6.45) is 5.46. The van der Waals surface area contributed by atoms with Crippen LogP contribution in [0.25, 0.3) is 0 Å². The smallest absolute Gasteiger partial charge is 0.246 e. The lowest BCUT2D eigenvalue weighted by Gasteiger charge is -2.50. The number of nitrogens with zero attached hydrogens (tertiary/aromatic N) is 1. The molecule has 0 bridgehead atoms. The largest absolute Gasteiger partial charge is 0.349 e. The third kappa shape index (κ3) is 3.71. The summed E-state index contributed by atoms with van der Waals surface area (Å²) in [5, 5.41) is 3.11. The van der Waals surface area contributed by atoms with E-state index in [0.717, 1.165) is 19.3 Å². The summed E-state index contributed by atoms with van der Waals surface area (Å²) >= 11 is 0. The minimum absolute atomic E-state index is 0.0314. The third-order valence-electron chi connectivity index (χ3n) is 4.91. The molecule has 1 aliphatic carbocycles. The summed E-state index contributed by atoms with van der Waals surface area (Å²) in [5.74, 6) is 0.360. The number of likely N-dealkylation sites (N-methyl/N-ethyl adjacent to an activating group) is 1. The highest BCUT2D eigenvalue weighted by molar-refractivity contribution is 5.91. The van der Waals surface area contributed by atoms with Crippen LogP contribution < -0.4 is 5.32 Å². The van der Waals surface area contributed by atoms with Crippen LogP contribution in [0, 0.1) is 11.8 Å². The predicted octanol–water partition coefficient (Wildman–Crippen LogP) is 3.13. The molecule has 0 radical (unpaired) electrons. The lowest BCUT2D eigenvalue weighted by Crippen LogP contribution is -2.66. The molecule has 0 aliphatic heterocycles. The third-order valence-corrected chi connectivity index (χ3v) is 4.91. The molecule has 1 fully saturated rings. The fraction of sp³-hybridized carbons (Fsp3) is 0.778. The summed E-state index contributed by atoms with van der Waals surface area (Å²) < 4.78 is 0. The number of amides is 2. The lowest BCUT2D eigenvalue weighted by atomic mass is 9.65. The molecular formula is C18H32N2O2. The molecule has 0 aromatic rings. The van der Waals surface area contributed by atoms with Gasteiger partial charge in [0.1, 0.15) is 5.54 Å². The maximum atomic E-state index is 13.2. The molecule has 1 N–H and O–H groups in total. The van der Waals surface area contributed by atoms with Crippen LogP contribution >= 0.6 is 0 Å². The molecular weight excluding hydrogens is 276 g/mol. The average molecular weight is 308 g/mol. The van der Waals surface area contributed by atoms with Gasteiger partial charge in [0.2, 0.25) is 11.8 Å². The van der Waals surface area contributed by atoms with Crippen molar-refractivity contribution in [2.75, 3.05) is 7.05 Å². The van der Waals surface area contributed by atoms with E-state index < -0.39 is 5.54 Å². The predicted molar refractivity (Wildman–Crippen MR) is 90.4 cm³/mol. The second-order valence-corrected chi connectivity index (χ2v) is 7.59. The van der Waals surface area contributed by atoms with E-state index in [2.05, 4.69) is 18.8 Å². The fourth-order valence-electron chi connectivity index (χ4n) is 3.64. The maximum Gasteiger partial charge on any atom is 0.246 e. The van der Waals surface area contributed by atoms with Gasteiger partial charge in [-0.2, -0.15) is 0 Å². The molecule has 1 aliphatic rings. The summed E-state index contributed by atoms with van der Waals surface area (Å²) in [4.78, 5) is 26.9. The SMILES string of the molecule is C=C[C@@H]1CCC(CC)C(C(=O)NC(C)(C)C)(N(C)C(C)=O)C1. The zero-order chi connectivity index (χ0) is 17.1. The van der Waals surface area contributed by atoms with Crippen LogP contribution in [-0.4, -0.2) is 34.8 Å². The molecule has 1 saturated carbocycles. The first kappa shape index (κ1) is 18.7. The average Bonchev–Trinajstić information content (AvgIpc) is 2.43. The van der Waals surface area contributed by atoms with Crippen molar-refractivity contribution >= 4 is 11.8 Å². The van der Waals surface area contributed by atoms with Gasteiger partial charge in [0.15, 0.2) is 0 Å². The Kier molecular flexibility index (Phi) is 5.82. The van der Waals surface area contributed by atoms with Gasteiger partial charge in [0.25, 0.3) is 0 Å². The van der Waals surface area contributed by atoms with Crippen molar-refractivity contribution in [3.8, 4) is 0 Å². The van der Waals surface area contributed by atoms with Gasteiger partial charge in [0, 0.05) is 19.5 Å². The molecule has 3 atom stereocenters. The van der Waals surface area contributed by atoms with E-state index >= 15 is 0 Å². The second kappa shape index (κ2) is 6.84. The number of hydrogen-bond acceptors (Lipinski definition) is 2. The number of hydrogen-bond donors (Lipinski definition) is 1. The van der Waals surface area contributed by atoms with Crippen molar-refractivity contribution in [3.63, 3.8) is 0 Å². The number of rotatable bonds is 4. The molecule has 2 unspecified atom stereocenters. The van der Waals surface area contributed by atoms with Crippen LogP contribution in [0.15, 0.2) is 12.7 Å². The topological polar surface area (TPSA) is 49.4 Å². The number of nitrogens with one attached hydrogen (secondary N) is 1. The van der Waals surface area contributed by atoms with Crippen molar-refractivity contribution in [1.29, 1.82) is 0 Å². The Labute approximate surface area is 135 Å². The second-order valence-electron chi connectivity index (χ2n) is 7.59. The Bertz CT molecular complexity index is 439. The van der Waals surface area contributed by atoms with E-state index in [9.17, 15) is 9.59 Å². The Morgan fingerprint density at radius 3 is 2.36 bits per heavy atom. The van der Waals surface area contributed by atoms with Gasteiger partial charge in [0.05, 0.1) is 0 Å². The highest BCUT2D eigenvalue weighted by Crippen LogP contribution is 2.43. The maximum absolute atomic E-state index is 13.2. The van der Waals surface area contributed by atoms with Crippen LogP contribution in [0.4, 0.5) is 0 Å². The van der Waals surface area contributed by atoms with Gasteiger partial charge in [-0.3, -0.25) is 9.59 Å². The van der Waals surface area contributed by atoms with Crippen LogP contribution in [0.3, 0.4) is 0 Å². The van der Waals surface area contributed by atoms with E-state index in [4.69, 9.17) is 0 Å². The summed E-state index contributed by atoms with van der Waals surface area (Å²) in [6, 6.07) is 0. The molecule has 126 valence electrons. The molecule has 0 heterocycles. The zero-order valence-corrected chi connectivity index (χ0v) is 15.0. The number of allylic oxidation sites excluding steroid dienone is 1. The molecule has 4 heteroatoms. The number of carbonyl (C=O) groups excluding carboxylic acids is 2. The van der Waals surface area contributed by atoms with E-state index in [0.29, 0.717) is 6.42 Å². The van der Waals surface area contributed by atoms with E-state index in [1.807, 2.05) is 26.8 Å². The van der Waals surface area contributed by atoms with Crippen molar-refractivity contribution < 1.29 is 9.59 Å². The monoisotopic (exact) mass is 308 g/mol. The minimum atomic E-state index is -0.773. The highest BCUT2D eigenvalue weighted by Gasteiger charge is 2.52. The van der Waals surface area contributed by atoms with Crippen molar-refractivity contribution in [2.24, 2.45) is 11.8 Å². The van der Waals surface area contributed by atoms with Crippen molar-refractivity contribution in [3.05, 3.63) is 12.7 Å². The van der Waals surface area contributed by atoms with Crippen LogP contribution in [0.1, 0.15) is 60.3 Å². The fourth-order valence-corrected chi connectivity index (χ4v) is 3.64. The summed E-state index contributed by atoms with van der Waals surface area (Å²) in [7, 11) is 1.76. The molecule has 1 rings (SSSR count). The van der Waals surface area contributed by atoms with Gasteiger partial charge >= 0.3 is 0 Å². The molecule has 0 spiro atoms. The van der Waals surface area contributed by atoms with E-state index in [1.165, 1.54) is 6.92 Å². The molecule has 2 amide bonds. The van der Waals surface area contributed by atoms with Gasteiger partial charge in [-0.15, -0.1) is 6.58 Å². The minimum Gasteiger partial charge on any atom is -0.349 e. The van der Waals surface area contributed by atoms with E-state index in [-0.39, 0.29) is 29.2 Å². The molecule has 0 saturated heterocycles. The quantitative estimate of drug-likeness (QED) is 0.811. The van der Waals surface area contributed by atoms with Crippen LogP contribution in [0.2, 0.25) is 0 Å². The van der Waals surface area contributed by atoms with Gasteiger partial charge in [-0.05, 0) is 51.9 Å². The first-order chi connectivity index (χ1) is 10.1. The first-order valence-electron chi connectivity index (χ1n) is 8.28. The Morgan fingerprint density at radius 1 is 1.36 bits per heavy atom. The van der Waals surface area contributed by atoms with Gasteiger partial charge in [-0.1, -0.05) is 19.4 Å². The van der Waals surface area contributed by atoms with Gasteiger partial charge in [-0.25, -0.2) is 0 Å². The van der Waals surface area contributed by atoms with E-state index in [1.54, 1.807) is 11.9 Å². The van der Waals surface area contributed by atoms with Gasteiger partial charge < -0.3 is 10.2 Å². The molecule has 0 aromatic heterocycles. The molecule has 4 nitrogen and oxygen atoms in total. The molecule has 22 heavy (non-hydrogen) atoms. The first-order valence-corrected chi connectivity index (χ1v) is 8.28. The number of carbonyl (C=O) groups is 2. The lowest BCUT2D eigenvalue weighted by molar-refractivity contribution is -0.153. The Balaban J connectivity index is 3.32. The van der Waals surface area contributed by atoms with Crippen LogP contribution in [-0.2, 0) is 9.59 Å². The summed E-state index contributed by atoms with van der Waals surface area (Å²) in [5.41, 5.74) is -1.09. The highest BCUT2D eigenvalue weighted by atomic mass is 16.2. The Morgan fingerprint density at radius 2 is 1.95 bits per heavy atom. The normalized spacial score (nSPS) is 28.8. The molecule has 0 aromatic carbocycles. The summed E-state index contributed by atoms with van der Waals surface area (Å²) in [6.45, 7) is 13.5. The van der Waals surface area contributed by atoms with Crippen molar-refractivity contribution in [1.82, 2.24) is 10.2 Å². The zero-order valence-electron chi connectivity index (χ0n) is 15.0. The Hall–Kier alpha value is -1.32. The van der Waals surface area contributed by atoms with Crippen molar-refractivity contribution in [2.45, 2.75) is 71.4 Å². The van der Waals surface area contributed by atoms with Crippen LogP contribution in [0.5, 0.6) is 0 Å². The standard InChI is InChI=1S/C18H32N2O2/c1-8-14-10-11-15(9-2)18(12-14,20(7)13(3)21)16(22)19-17(4,5)6/h8,14-15H,1,9-12H2,2-7H3,(H,19,22)/t14-,15?,18?/m1/s1.